The summed E-state index contributed by atoms with van der Waals surface area (Å²) in [4.78, 5) is 26.7. The zero-order valence-electron chi connectivity index (χ0n) is 10.7. The Morgan fingerprint density at radius 3 is 2.61 bits per heavy atom. The molecule has 0 aromatic rings. The average molecular weight is 256 g/mol. The Balaban J connectivity index is 1.93. The van der Waals surface area contributed by atoms with E-state index in [9.17, 15) is 9.59 Å². The number of aliphatic carboxylic acids is 1. The van der Waals surface area contributed by atoms with Gasteiger partial charge >= 0.3 is 12.0 Å². The predicted octanol–water partition coefficient (Wildman–Crippen LogP) is 0.624. The SMILES string of the molecule is CC1CN(C(=O)N2CCC[C@@H](C(=O)O)C2)CCO1. The lowest BCUT2D eigenvalue weighted by Crippen LogP contribution is -2.53. The van der Waals surface area contributed by atoms with E-state index in [1.807, 2.05) is 6.92 Å². The molecule has 6 nitrogen and oxygen atoms in total. The molecule has 2 rings (SSSR count). The van der Waals surface area contributed by atoms with E-state index in [1.165, 1.54) is 0 Å². The van der Waals surface area contributed by atoms with Crippen molar-refractivity contribution in [2.45, 2.75) is 25.9 Å². The zero-order valence-corrected chi connectivity index (χ0v) is 10.7. The number of morpholine rings is 1. The Morgan fingerprint density at radius 1 is 1.22 bits per heavy atom. The minimum Gasteiger partial charge on any atom is -0.481 e. The number of ether oxygens (including phenoxy) is 1. The summed E-state index contributed by atoms with van der Waals surface area (Å²) in [7, 11) is 0. The predicted molar refractivity (Wildman–Crippen MR) is 64.3 cm³/mol. The molecular weight excluding hydrogens is 236 g/mol. The van der Waals surface area contributed by atoms with Gasteiger partial charge in [0.05, 0.1) is 18.6 Å². The van der Waals surface area contributed by atoms with Crippen molar-refractivity contribution in [2.24, 2.45) is 5.92 Å². The van der Waals surface area contributed by atoms with E-state index in [0.717, 1.165) is 6.42 Å². The van der Waals surface area contributed by atoms with Gasteiger partial charge in [-0.25, -0.2) is 4.79 Å². The minimum absolute atomic E-state index is 0.0453. The number of likely N-dealkylation sites (tertiary alicyclic amines) is 1. The normalized spacial score (nSPS) is 29.2. The van der Waals surface area contributed by atoms with Crippen LogP contribution in [0.3, 0.4) is 0 Å². The van der Waals surface area contributed by atoms with E-state index in [1.54, 1.807) is 9.80 Å². The van der Waals surface area contributed by atoms with Gasteiger partial charge in [-0.2, -0.15) is 0 Å². The first kappa shape index (κ1) is 13.1. The van der Waals surface area contributed by atoms with Crippen LogP contribution in [0.1, 0.15) is 19.8 Å². The average Bonchev–Trinajstić information content (AvgIpc) is 2.38. The van der Waals surface area contributed by atoms with Gasteiger partial charge in [-0.05, 0) is 19.8 Å². The van der Waals surface area contributed by atoms with Crippen molar-refractivity contribution in [1.29, 1.82) is 0 Å². The van der Waals surface area contributed by atoms with Crippen LogP contribution in [-0.2, 0) is 9.53 Å². The number of hydrogen-bond donors (Lipinski definition) is 1. The first-order valence-electron chi connectivity index (χ1n) is 6.46. The molecule has 18 heavy (non-hydrogen) atoms. The van der Waals surface area contributed by atoms with E-state index in [-0.39, 0.29) is 12.1 Å². The van der Waals surface area contributed by atoms with E-state index in [0.29, 0.717) is 39.2 Å². The fourth-order valence-electron chi connectivity index (χ4n) is 2.54. The monoisotopic (exact) mass is 256 g/mol. The van der Waals surface area contributed by atoms with Crippen molar-refractivity contribution < 1.29 is 19.4 Å². The highest BCUT2D eigenvalue weighted by Crippen LogP contribution is 2.18. The van der Waals surface area contributed by atoms with Crippen molar-refractivity contribution in [3.8, 4) is 0 Å². The fraction of sp³-hybridized carbons (Fsp3) is 0.833. The summed E-state index contributed by atoms with van der Waals surface area (Å²) in [6.45, 7) is 4.68. The molecule has 1 N–H and O–H groups in total. The number of carboxylic acid groups (broad SMARTS) is 1. The van der Waals surface area contributed by atoms with Crippen LogP contribution in [0.15, 0.2) is 0 Å². The van der Waals surface area contributed by atoms with Gasteiger partial charge < -0.3 is 19.6 Å². The number of hydrogen-bond acceptors (Lipinski definition) is 3. The number of piperidine rings is 1. The van der Waals surface area contributed by atoms with Crippen LogP contribution in [0.5, 0.6) is 0 Å². The highest BCUT2D eigenvalue weighted by molar-refractivity contribution is 5.76. The summed E-state index contributed by atoms with van der Waals surface area (Å²) in [6, 6.07) is -0.0453. The second-order valence-electron chi connectivity index (χ2n) is 5.03. The van der Waals surface area contributed by atoms with Crippen LogP contribution in [0.2, 0.25) is 0 Å². The Labute approximate surface area is 106 Å². The third kappa shape index (κ3) is 2.93. The Kier molecular flexibility index (Phi) is 4.06. The molecule has 0 spiro atoms. The highest BCUT2D eigenvalue weighted by Gasteiger charge is 2.31. The Hall–Kier alpha value is -1.30. The number of carbonyl (C=O) groups is 2. The number of carboxylic acids is 1. The van der Waals surface area contributed by atoms with Gasteiger partial charge in [-0.1, -0.05) is 0 Å². The third-order valence-electron chi connectivity index (χ3n) is 3.55. The molecule has 2 fully saturated rings. The largest absolute Gasteiger partial charge is 0.481 e. The smallest absolute Gasteiger partial charge is 0.320 e. The summed E-state index contributed by atoms with van der Waals surface area (Å²) in [6.07, 6.45) is 1.49. The summed E-state index contributed by atoms with van der Waals surface area (Å²) >= 11 is 0. The van der Waals surface area contributed by atoms with Gasteiger partial charge in [0, 0.05) is 26.2 Å². The molecule has 0 aliphatic carbocycles. The zero-order chi connectivity index (χ0) is 13.1. The number of rotatable bonds is 1. The molecule has 2 amide bonds. The van der Waals surface area contributed by atoms with Crippen LogP contribution in [0.25, 0.3) is 0 Å². The quantitative estimate of drug-likeness (QED) is 0.747. The van der Waals surface area contributed by atoms with Crippen LogP contribution >= 0.6 is 0 Å². The summed E-state index contributed by atoms with van der Waals surface area (Å²) in [5.41, 5.74) is 0. The second kappa shape index (κ2) is 5.56. The maximum Gasteiger partial charge on any atom is 0.320 e. The fourth-order valence-corrected chi connectivity index (χ4v) is 2.54. The van der Waals surface area contributed by atoms with Crippen molar-refractivity contribution in [2.75, 3.05) is 32.8 Å². The van der Waals surface area contributed by atoms with Crippen LogP contribution < -0.4 is 0 Å². The molecule has 2 saturated heterocycles. The topological polar surface area (TPSA) is 70.1 Å². The van der Waals surface area contributed by atoms with E-state index < -0.39 is 11.9 Å². The highest BCUT2D eigenvalue weighted by atomic mass is 16.5. The van der Waals surface area contributed by atoms with Crippen LogP contribution in [0.4, 0.5) is 4.79 Å². The molecule has 0 radical (unpaired) electrons. The van der Waals surface area contributed by atoms with Crippen molar-refractivity contribution in [1.82, 2.24) is 9.80 Å². The van der Waals surface area contributed by atoms with Gasteiger partial charge in [0.1, 0.15) is 0 Å². The first-order chi connectivity index (χ1) is 8.58. The lowest BCUT2D eigenvalue weighted by atomic mass is 9.98. The molecule has 0 aromatic heterocycles. The molecule has 0 saturated carbocycles. The molecule has 0 bridgehead atoms. The van der Waals surface area contributed by atoms with E-state index in [2.05, 4.69) is 0 Å². The molecule has 0 aromatic carbocycles. The molecular formula is C12H20N2O4. The summed E-state index contributed by atoms with van der Waals surface area (Å²) < 4.78 is 5.40. The van der Waals surface area contributed by atoms with Crippen molar-refractivity contribution >= 4 is 12.0 Å². The summed E-state index contributed by atoms with van der Waals surface area (Å²) in [5.74, 6) is -1.22. The maximum absolute atomic E-state index is 12.3. The van der Waals surface area contributed by atoms with Crippen LogP contribution in [-0.4, -0.2) is 65.8 Å². The Morgan fingerprint density at radius 2 is 1.94 bits per heavy atom. The lowest BCUT2D eigenvalue weighted by Gasteiger charge is -2.38. The number of amides is 2. The molecule has 1 unspecified atom stereocenters. The van der Waals surface area contributed by atoms with E-state index >= 15 is 0 Å². The van der Waals surface area contributed by atoms with Gasteiger partial charge in [0.15, 0.2) is 0 Å². The number of urea groups is 1. The Bertz CT molecular complexity index is 334. The number of carbonyl (C=O) groups excluding carboxylic acids is 1. The molecule has 102 valence electrons. The molecule has 2 heterocycles. The molecule has 6 heteroatoms. The molecule has 2 aliphatic rings. The molecule has 2 aliphatic heterocycles. The molecule has 2 atom stereocenters. The standard InChI is InChI=1S/C12H20N2O4/c1-9-7-14(5-6-18-9)12(17)13-4-2-3-10(8-13)11(15)16/h9-10H,2-8H2,1H3,(H,15,16)/t9?,10-/m1/s1. The number of nitrogens with zero attached hydrogens (tertiary/aromatic N) is 2. The van der Waals surface area contributed by atoms with Crippen molar-refractivity contribution in [3.63, 3.8) is 0 Å². The third-order valence-corrected chi connectivity index (χ3v) is 3.55. The lowest BCUT2D eigenvalue weighted by molar-refractivity contribution is -0.143. The first-order valence-corrected chi connectivity index (χ1v) is 6.46. The maximum atomic E-state index is 12.3. The van der Waals surface area contributed by atoms with Gasteiger partial charge in [0.25, 0.3) is 0 Å². The van der Waals surface area contributed by atoms with Gasteiger partial charge in [-0.3, -0.25) is 4.79 Å². The minimum atomic E-state index is -0.803. The van der Waals surface area contributed by atoms with Crippen LogP contribution in [0, 0.1) is 5.92 Å². The van der Waals surface area contributed by atoms with Gasteiger partial charge in [-0.15, -0.1) is 0 Å². The van der Waals surface area contributed by atoms with Crippen molar-refractivity contribution in [3.05, 3.63) is 0 Å². The van der Waals surface area contributed by atoms with Gasteiger partial charge in [0.2, 0.25) is 0 Å². The summed E-state index contributed by atoms with van der Waals surface area (Å²) in [5, 5.41) is 9.02. The second-order valence-corrected chi connectivity index (χ2v) is 5.03. The van der Waals surface area contributed by atoms with E-state index in [4.69, 9.17) is 9.84 Å².